The molecule has 5 atom stereocenters. The fourth-order valence-electron chi connectivity index (χ4n) is 7.04. The maximum atomic E-state index is 14.3. The Labute approximate surface area is 323 Å². The summed E-state index contributed by atoms with van der Waals surface area (Å²) in [4.78, 5) is 59.9. The van der Waals surface area contributed by atoms with Gasteiger partial charge in [-0.3, -0.25) is 15.0 Å². The number of aromatic nitrogens is 1. The summed E-state index contributed by atoms with van der Waals surface area (Å²) in [6.45, 7) is 14.9. The quantitative estimate of drug-likeness (QED) is 0.0665. The Bertz CT molecular complexity index is 1880. The van der Waals surface area contributed by atoms with Crippen LogP contribution in [-0.2, 0) is 23.9 Å². The molecular weight excluding hydrogens is 700 g/mol. The van der Waals surface area contributed by atoms with Gasteiger partial charge in [0.05, 0.1) is 36.8 Å². The average molecular weight is 755 g/mol. The molecule has 0 bridgehead atoms. The zero-order valence-electron chi connectivity index (χ0n) is 32.6. The number of pyridine rings is 1. The van der Waals surface area contributed by atoms with E-state index in [1.807, 2.05) is 60.7 Å². The van der Waals surface area contributed by atoms with Gasteiger partial charge in [0.2, 0.25) is 11.8 Å². The summed E-state index contributed by atoms with van der Waals surface area (Å²) in [5, 5.41) is 4.86. The van der Waals surface area contributed by atoms with Gasteiger partial charge in [0, 0.05) is 35.5 Å². The zero-order chi connectivity index (χ0) is 39.8. The van der Waals surface area contributed by atoms with Crippen molar-refractivity contribution in [3.8, 4) is 22.8 Å². The lowest BCUT2D eigenvalue weighted by Crippen LogP contribution is -2.53. The van der Waals surface area contributed by atoms with E-state index in [9.17, 15) is 19.2 Å². The number of hydrogen-bond donors (Lipinski definition) is 2. The highest BCUT2D eigenvalue weighted by Crippen LogP contribution is 2.47. The smallest absolute Gasteiger partial charge is 0.429 e. The molecule has 2 fully saturated rings. The molecule has 5 rings (SSSR count). The minimum absolute atomic E-state index is 0.148. The van der Waals surface area contributed by atoms with Crippen molar-refractivity contribution in [1.82, 2.24) is 20.7 Å². The van der Waals surface area contributed by atoms with E-state index in [0.29, 0.717) is 35.6 Å². The highest BCUT2D eigenvalue weighted by molar-refractivity contribution is 5.95. The summed E-state index contributed by atoms with van der Waals surface area (Å²) >= 11 is 0. The minimum atomic E-state index is -1.26. The van der Waals surface area contributed by atoms with Gasteiger partial charge in [-0.1, -0.05) is 48.9 Å². The molecule has 2 aliphatic carbocycles. The fraction of sp³-hybridized carbons (Fsp3) is 0.465. The number of unbranched alkanes of at least 4 members (excludes halogenated alkanes) is 3. The number of methoxy groups -OCH3 is 1. The number of ether oxygens (including phenoxy) is 4. The Morgan fingerprint density at radius 3 is 2.35 bits per heavy atom. The Kier molecular flexibility index (Phi) is 13.2. The van der Waals surface area contributed by atoms with E-state index >= 15 is 0 Å². The number of allylic oxidation sites excluding steroid dienone is 1. The summed E-state index contributed by atoms with van der Waals surface area (Å²) in [5.74, 6) is -2.52. The lowest BCUT2D eigenvalue weighted by molar-refractivity contribution is -0.150. The van der Waals surface area contributed by atoms with Gasteiger partial charge in [-0.15, -0.1) is 13.2 Å². The van der Waals surface area contributed by atoms with Crippen LogP contribution in [0.25, 0.3) is 22.2 Å². The molecule has 3 aromatic rings. The lowest BCUT2D eigenvalue weighted by atomic mass is 9.94. The molecule has 1 aromatic heterocycles. The van der Waals surface area contributed by atoms with Gasteiger partial charge in [-0.05, 0) is 78.4 Å². The third-order valence-corrected chi connectivity index (χ3v) is 9.97. The van der Waals surface area contributed by atoms with Gasteiger partial charge in [0.25, 0.3) is 0 Å². The van der Waals surface area contributed by atoms with Crippen molar-refractivity contribution in [3.05, 3.63) is 79.9 Å². The molecule has 55 heavy (non-hydrogen) atoms. The molecule has 3 amide bonds. The van der Waals surface area contributed by atoms with E-state index in [2.05, 4.69) is 23.9 Å². The van der Waals surface area contributed by atoms with Crippen LogP contribution < -0.4 is 20.2 Å². The van der Waals surface area contributed by atoms with Gasteiger partial charge >= 0.3 is 12.1 Å². The number of benzene rings is 2. The van der Waals surface area contributed by atoms with Crippen LogP contribution in [0, 0.1) is 17.8 Å². The number of nitrogens with one attached hydrogen (secondary N) is 2. The molecule has 0 saturated heterocycles. The maximum Gasteiger partial charge on any atom is 0.429 e. The molecule has 2 aliphatic rings. The number of amides is 3. The largest absolute Gasteiger partial charge is 0.497 e. The Morgan fingerprint density at radius 1 is 0.982 bits per heavy atom. The number of esters is 1. The molecule has 1 heterocycles. The van der Waals surface area contributed by atoms with Gasteiger partial charge in [0.1, 0.15) is 28.7 Å². The molecule has 12 heteroatoms. The van der Waals surface area contributed by atoms with Crippen LogP contribution in [0.4, 0.5) is 4.79 Å². The van der Waals surface area contributed by atoms with E-state index in [4.69, 9.17) is 23.9 Å². The highest BCUT2D eigenvalue weighted by atomic mass is 16.6. The lowest BCUT2D eigenvalue weighted by Gasteiger charge is -2.29. The average Bonchev–Trinajstić information content (AvgIpc) is 3.71. The van der Waals surface area contributed by atoms with Crippen LogP contribution in [0.2, 0.25) is 0 Å². The van der Waals surface area contributed by atoms with Crippen molar-refractivity contribution in [3.63, 3.8) is 0 Å². The third-order valence-electron chi connectivity index (χ3n) is 9.97. The van der Waals surface area contributed by atoms with Crippen LogP contribution in [0.15, 0.2) is 79.9 Å². The molecule has 0 unspecified atom stereocenters. The molecule has 294 valence electrons. The van der Waals surface area contributed by atoms with Gasteiger partial charge in [-0.2, -0.15) is 0 Å². The van der Waals surface area contributed by atoms with Crippen LogP contribution in [0.5, 0.6) is 11.5 Å². The molecule has 2 aromatic carbocycles. The molecule has 2 saturated carbocycles. The molecule has 0 radical (unpaired) electrons. The predicted octanol–water partition coefficient (Wildman–Crippen LogP) is 7.32. The summed E-state index contributed by atoms with van der Waals surface area (Å²) in [5.41, 5.74) is 2.94. The van der Waals surface area contributed by atoms with Gasteiger partial charge < -0.3 is 24.3 Å². The number of hydrazine groups is 1. The van der Waals surface area contributed by atoms with Crippen molar-refractivity contribution in [2.75, 3.05) is 20.3 Å². The minimum Gasteiger partial charge on any atom is -0.497 e. The first-order valence-electron chi connectivity index (χ1n) is 19.1. The summed E-state index contributed by atoms with van der Waals surface area (Å²) in [7, 11) is 1.59. The highest BCUT2D eigenvalue weighted by Gasteiger charge is 2.62. The predicted molar refractivity (Wildman–Crippen MR) is 210 cm³/mol. The van der Waals surface area contributed by atoms with E-state index in [-0.39, 0.29) is 31.9 Å². The summed E-state index contributed by atoms with van der Waals surface area (Å²) < 4.78 is 23.2. The number of carbonyl (C=O) groups excluding carboxylic acids is 4. The van der Waals surface area contributed by atoms with E-state index in [1.165, 1.54) is 5.01 Å². The van der Waals surface area contributed by atoms with Crippen LogP contribution in [-0.4, -0.2) is 71.4 Å². The Morgan fingerprint density at radius 2 is 1.71 bits per heavy atom. The van der Waals surface area contributed by atoms with Crippen molar-refractivity contribution in [1.29, 1.82) is 0 Å². The summed E-state index contributed by atoms with van der Waals surface area (Å²) in [6.07, 6.45) is 6.00. The third kappa shape index (κ3) is 10.0. The first-order chi connectivity index (χ1) is 26.3. The summed E-state index contributed by atoms with van der Waals surface area (Å²) in [6, 6.07) is 17.1. The zero-order valence-corrected chi connectivity index (χ0v) is 32.6. The standard InChI is InChI=1S/C43H54N4O8/c1-8-11-12-13-17-22-47(41(51)55-42(4,5)6)46-39(49)34-24-31(23-33(34)38(48)45-43(27-29(43)9-2)40(50)53-10-3)54-37-26-35(28-18-15-14-16-19-28)44-36-25-30(52-7)20-21-32(36)37/h8-9,14-16,18-21,25-26,29,31,33-34H,1-2,10-13,17,22-24,27H2,3-7H3,(H,45,48)(H,46,49)/t29-,31-,33-,34-,43-/m1/s1. The topological polar surface area (TPSA) is 145 Å². The van der Waals surface area contributed by atoms with Crippen LogP contribution in [0.1, 0.15) is 72.6 Å². The fourth-order valence-corrected chi connectivity index (χ4v) is 7.04. The second-order valence-corrected chi connectivity index (χ2v) is 15.2. The Hall–Kier alpha value is -5.39. The van der Waals surface area contributed by atoms with Gasteiger partial charge in [0.15, 0.2) is 0 Å². The molecular formula is C43H54N4O8. The number of carbonyl (C=O) groups is 4. The monoisotopic (exact) mass is 754 g/mol. The second-order valence-electron chi connectivity index (χ2n) is 15.2. The first-order valence-corrected chi connectivity index (χ1v) is 19.1. The van der Waals surface area contributed by atoms with E-state index in [0.717, 1.165) is 30.2 Å². The van der Waals surface area contributed by atoms with Crippen molar-refractivity contribution in [2.24, 2.45) is 17.8 Å². The molecule has 0 aliphatic heterocycles. The van der Waals surface area contributed by atoms with Crippen molar-refractivity contribution < 1.29 is 38.1 Å². The van der Waals surface area contributed by atoms with Crippen molar-refractivity contribution in [2.45, 2.75) is 89.9 Å². The van der Waals surface area contributed by atoms with E-state index < -0.39 is 53.0 Å². The molecule has 2 N–H and O–H groups in total. The number of rotatable bonds is 16. The normalized spacial score (nSPS) is 21.5. The Balaban J connectivity index is 1.46. The van der Waals surface area contributed by atoms with Crippen LogP contribution in [0.3, 0.4) is 0 Å². The maximum absolute atomic E-state index is 14.3. The number of fused-ring (bicyclic) bond motifs is 1. The molecule has 0 spiro atoms. The molecule has 12 nitrogen and oxygen atoms in total. The van der Waals surface area contributed by atoms with Crippen LogP contribution >= 0.6 is 0 Å². The van der Waals surface area contributed by atoms with Gasteiger partial charge in [-0.25, -0.2) is 19.6 Å². The van der Waals surface area contributed by atoms with Crippen molar-refractivity contribution >= 4 is 34.8 Å². The number of nitrogens with zero attached hydrogens (tertiary/aromatic N) is 2. The number of hydrogen-bond acceptors (Lipinski definition) is 9. The SMILES string of the molecule is C=CCCCCCN(NC(=O)[C@@H]1C[C@H](Oc2cc(-c3ccccc3)nc3cc(OC)ccc23)C[C@H]1C(=O)N[C@]1(C(=O)OCC)C[C@H]1C=C)C(=O)OC(C)(C)C. The first kappa shape index (κ1) is 40.8. The van der Waals surface area contributed by atoms with E-state index in [1.54, 1.807) is 40.9 Å². The second kappa shape index (κ2) is 17.8.